The van der Waals surface area contributed by atoms with Crippen LogP contribution in [0, 0.1) is 21.4 Å². The second-order valence-corrected chi connectivity index (χ2v) is 3.54. The number of nitrogens with zero attached hydrogens (tertiary/aromatic N) is 2. The van der Waals surface area contributed by atoms with Crippen LogP contribution in [-0.4, -0.2) is 10.2 Å². The van der Waals surface area contributed by atoms with Gasteiger partial charge in [0.05, 0.1) is 10.3 Å². The van der Waals surface area contributed by atoms with E-state index in [-0.39, 0.29) is 5.70 Å². The number of thioether (sulfide) groups is 1. The second kappa shape index (κ2) is 5.61. The van der Waals surface area contributed by atoms with Gasteiger partial charge in [-0.05, 0) is 6.42 Å². The molecule has 0 heterocycles. The van der Waals surface area contributed by atoms with Crippen LogP contribution < -0.4 is 0 Å². The maximum absolute atomic E-state index is 10.1. The summed E-state index contributed by atoms with van der Waals surface area (Å²) in [5.74, 6) is 0. The van der Waals surface area contributed by atoms with Crippen LogP contribution >= 0.6 is 11.8 Å². The van der Waals surface area contributed by atoms with E-state index in [1.165, 1.54) is 23.2 Å². The Morgan fingerprint density at radius 2 is 2.50 bits per heavy atom. The van der Waals surface area contributed by atoms with Crippen LogP contribution in [0.5, 0.6) is 0 Å². The van der Waals surface area contributed by atoms with E-state index in [4.69, 9.17) is 5.26 Å². The highest BCUT2D eigenvalue weighted by Gasteiger charge is 2.08. The first-order valence-electron chi connectivity index (χ1n) is 3.52. The summed E-state index contributed by atoms with van der Waals surface area (Å²) in [6.07, 6.45) is 0.928. The fraction of sp³-hybridized carbons (Fsp3) is 0.571. The molecule has 66 valence electrons. The van der Waals surface area contributed by atoms with Crippen molar-refractivity contribution in [2.75, 3.05) is 0 Å². The van der Waals surface area contributed by atoms with Crippen LogP contribution in [0.1, 0.15) is 20.3 Å². The van der Waals surface area contributed by atoms with E-state index in [2.05, 4.69) is 0 Å². The van der Waals surface area contributed by atoms with Crippen LogP contribution in [0.15, 0.2) is 11.1 Å². The van der Waals surface area contributed by atoms with Crippen LogP contribution in [0.4, 0.5) is 0 Å². The number of hydrogen-bond acceptors (Lipinski definition) is 4. The highest BCUT2D eigenvalue weighted by atomic mass is 32.2. The summed E-state index contributed by atoms with van der Waals surface area (Å²) in [7, 11) is 0. The van der Waals surface area contributed by atoms with E-state index in [9.17, 15) is 10.1 Å². The number of rotatable bonds is 4. The molecule has 0 aromatic carbocycles. The summed E-state index contributed by atoms with van der Waals surface area (Å²) in [4.78, 5) is 9.46. The van der Waals surface area contributed by atoms with Gasteiger partial charge in [-0.1, -0.05) is 13.8 Å². The quantitative estimate of drug-likeness (QED) is 0.383. The summed E-state index contributed by atoms with van der Waals surface area (Å²) in [5, 5.41) is 20.1. The number of allylic oxidation sites excluding steroid dienone is 1. The molecule has 1 unspecified atom stereocenters. The first-order valence-corrected chi connectivity index (χ1v) is 4.46. The van der Waals surface area contributed by atoms with Crippen LogP contribution in [0.25, 0.3) is 0 Å². The fourth-order valence-corrected chi connectivity index (χ4v) is 1.08. The number of nitro groups is 1. The first kappa shape index (κ1) is 11.0. The van der Waals surface area contributed by atoms with Crippen molar-refractivity contribution in [3.63, 3.8) is 0 Å². The predicted molar refractivity (Wildman–Crippen MR) is 48.0 cm³/mol. The molecule has 5 heteroatoms. The molecule has 4 nitrogen and oxygen atoms in total. The van der Waals surface area contributed by atoms with Gasteiger partial charge in [0.25, 0.3) is 0 Å². The van der Waals surface area contributed by atoms with Crippen molar-refractivity contribution in [2.45, 2.75) is 25.5 Å². The van der Waals surface area contributed by atoms with E-state index in [0.717, 1.165) is 6.42 Å². The van der Waals surface area contributed by atoms with Gasteiger partial charge in [0.15, 0.2) is 6.07 Å². The van der Waals surface area contributed by atoms with Crippen molar-refractivity contribution >= 4 is 11.8 Å². The van der Waals surface area contributed by atoms with E-state index in [0.29, 0.717) is 5.25 Å². The lowest BCUT2D eigenvalue weighted by Crippen LogP contribution is -1.96. The molecule has 0 saturated carbocycles. The number of nitriles is 1. The molecule has 0 fully saturated rings. The zero-order valence-electron chi connectivity index (χ0n) is 6.98. The molecule has 0 aromatic rings. The molecule has 0 amide bonds. The third kappa shape index (κ3) is 3.98. The zero-order valence-corrected chi connectivity index (χ0v) is 7.80. The van der Waals surface area contributed by atoms with Gasteiger partial charge in [-0.25, -0.2) is 0 Å². The van der Waals surface area contributed by atoms with Crippen LogP contribution in [0.2, 0.25) is 0 Å². The molecule has 0 radical (unpaired) electrons. The van der Waals surface area contributed by atoms with Crippen LogP contribution in [0.3, 0.4) is 0 Å². The van der Waals surface area contributed by atoms with Gasteiger partial charge in [0.1, 0.15) is 0 Å². The lowest BCUT2D eigenvalue weighted by Gasteiger charge is -2.00. The SMILES string of the molecule is CCC(C)S/C=C(\C#N)[N+](=O)[O-]. The first-order chi connectivity index (χ1) is 5.61. The molecule has 1 atom stereocenters. The maximum atomic E-state index is 10.1. The monoisotopic (exact) mass is 186 g/mol. The predicted octanol–water partition coefficient (Wildman–Crippen LogP) is 2.16. The minimum Gasteiger partial charge on any atom is -0.258 e. The van der Waals surface area contributed by atoms with Crippen molar-refractivity contribution in [3.8, 4) is 6.07 Å². The lowest BCUT2D eigenvalue weighted by molar-refractivity contribution is -0.417. The van der Waals surface area contributed by atoms with Gasteiger partial charge in [-0.3, -0.25) is 10.1 Å². The molecular formula is C7H10N2O2S. The molecule has 0 aliphatic heterocycles. The fourth-order valence-electron chi connectivity index (χ4n) is 0.387. The lowest BCUT2D eigenvalue weighted by atomic mass is 10.4. The van der Waals surface area contributed by atoms with Gasteiger partial charge in [-0.2, -0.15) is 5.26 Å². The van der Waals surface area contributed by atoms with E-state index >= 15 is 0 Å². The molecule has 0 rings (SSSR count). The molecule has 0 aliphatic carbocycles. The summed E-state index contributed by atoms with van der Waals surface area (Å²) < 4.78 is 0. The Balaban J connectivity index is 4.15. The van der Waals surface area contributed by atoms with Gasteiger partial charge in [0, 0.05) is 5.25 Å². The smallest absolute Gasteiger partial charge is 0.258 e. The Bertz CT molecular complexity index is 232. The zero-order chi connectivity index (χ0) is 9.56. The topological polar surface area (TPSA) is 66.9 Å². The molecule has 0 N–H and O–H groups in total. The maximum Gasteiger partial charge on any atom is 0.351 e. The van der Waals surface area contributed by atoms with Crippen molar-refractivity contribution in [1.29, 1.82) is 5.26 Å². The van der Waals surface area contributed by atoms with Crippen molar-refractivity contribution in [2.24, 2.45) is 0 Å². The summed E-state index contributed by atoms with van der Waals surface area (Å²) in [6, 6.07) is 1.52. The summed E-state index contributed by atoms with van der Waals surface area (Å²) in [5.41, 5.74) is -0.389. The van der Waals surface area contributed by atoms with Crippen LogP contribution in [-0.2, 0) is 0 Å². The third-order valence-electron chi connectivity index (χ3n) is 1.30. The Kier molecular flexibility index (Phi) is 5.13. The average molecular weight is 186 g/mol. The second-order valence-electron chi connectivity index (χ2n) is 2.23. The van der Waals surface area contributed by atoms with E-state index in [1.807, 2.05) is 13.8 Å². The normalized spacial score (nSPS) is 13.6. The Labute approximate surface area is 75.4 Å². The summed E-state index contributed by atoms with van der Waals surface area (Å²) >= 11 is 1.31. The van der Waals surface area contributed by atoms with Crippen molar-refractivity contribution in [1.82, 2.24) is 0 Å². The van der Waals surface area contributed by atoms with E-state index in [1.54, 1.807) is 0 Å². The molecular weight excluding hydrogens is 176 g/mol. The molecule has 0 aliphatic rings. The molecule has 0 bridgehead atoms. The van der Waals surface area contributed by atoms with Gasteiger partial charge in [0.2, 0.25) is 0 Å². The largest absolute Gasteiger partial charge is 0.351 e. The third-order valence-corrected chi connectivity index (χ3v) is 2.46. The number of hydrogen-bond donors (Lipinski definition) is 0. The standard InChI is InChI=1S/C7H10N2O2S/c1-3-6(2)12-5-7(4-8)9(10)11/h5-6H,3H2,1-2H3/b7-5+. The Morgan fingerprint density at radius 3 is 2.83 bits per heavy atom. The van der Waals surface area contributed by atoms with Crippen molar-refractivity contribution < 1.29 is 4.92 Å². The van der Waals surface area contributed by atoms with E-state index < -0.39 is 4.92 Å². The van der Waals surface area contributed by atoms with Crippen molar-refractivity contribution in [3.05, 3.63) is 21.2 Å². The molecule has 0 aromatic heterocycles. The highest BCUT2D eigenvalue weighted by molar-refractivity contribution is 8.02. The average Bonchev–Trinajstić information content (AvgIpc) is 2.04. The minimum atomic E-state index is -0.671. The Hall–Kier alpha value is -1.02. The molecule has 12 heavy (non-hydrogen) atoms. The van der Waals surface area contributed by atoms with Gasteiger partial charge in [-0.15, -0.1) is 11.8 Å². The highest BCUT2D eigenvalue weighted by Crippen LogP contribution is 2.16. The molecule has 0 saturated heterocycles. The Morgan fingerprint density at radius 1 is 1.92 bits per heavy atom. The van der Waals surface area contributed by atoms with Gasteiger partial charge < -0.3 is 0 Å². The van der Waals surface area contributed by atoms with Gasteiger partial charge >= 0.3 is 5.70 Å². The molecule has 0 spiro atoms. The minimum absolute atomic E-state index is 0.313. The summed E-state index contributed by atoms with van der Waals surface area (Å²) in [6.45, 7) is 3.94.